The molecule has 0 spiro atoms. The van der Waals surface area contributed by atoms with E-state index < -0.39 is 8.25 Å². The van der Waals surface area contributed by atoms with Crippen molar-refractivity contribution in [1.29, 1.82) is 0 Å². The van der Waals surface area contributed by atoms with E-state index in [9.17, 15) is 4.57 Å². The molecule has 0 saturated carbocycles. The summed E-state index contributed by atoms with van der Waals surface area (Å²) in [5.41, 5.74) is 6.53. The first kappa shape index (κ1) is 25.3. The first-order chi connectivity index (χ1) is 13.8. The molecular weight excluding hydrogens is 373 g/mol. The number of rotatable bonds is 20. The zero-order chi connectivity index (χ0) is 20.1. The van der Waals surface area contributed by atoms with E-state index in [0.717, 1.165) is 26.1 Å². The monoisotopic (exact) mass is 413 g/mol. The van der Waals surface area contributed by atoms with Crippen molar-refractivity contribution in [2.24, 2.45) is 5.73 Å². The fourth-order valence-corrected chi connectivity index (χ4v) is 3.68. The molecule has 0 aromatic heterocycles. The van der Waals surface area contributed by atoms with Gasteiger partial charge in [0.15, 0.2) is 0 Å². The normalized spacial score (nSPS) is 12.3. The lowest BCUT2D eigenvalue weighted by molar-refractivity contribution is 0.116. The highest BCUT2D eigenvalue weighted by atomic mass is 31.1. The van der Waals surface area contributed by atoms with Gasteiger partial charge in [-0.2, -0.15) is 0 Å². The number of hydrogen-bond donors (Lipinski definition) is 1. The van der Waals surface area contributed by atoms with Gasteiger partial charge in [-0.3, -0.25) is 4.57 Å². The minimum absolute atomic E-state index is 0.305. The second-order valence-electron chi connectivity index (χ2n) is 7.16. The van der Waals surface area contributed by atoms with Crippen molar-refractivity contribution in [2.75, 3.05) is 26.4 Å². The third-order valence-corrected chi connectivity index (χ3v) is 5.48. The van der Waals surface area contributed by atoms with Crippen LogP contribution >= 0.6 is 8.25 Å². The van der Waals surface area contributed by atoms with E-state index in [1.165, 1.54) is 63.4 Å². The van der Waals surface area contributed by atoms with Gasteiger partial charge in [-0.05, 0) is 18.4 Å². The first-order valence-electron chi connectivity index (χ1n) is 10.9. The lowest BCUT2D eigenvalue weighted by Gasteiger charge is -2.05. The fraction of sp³-hybridized carbons (Fsp3) is 0.727. The van der Waals surface area contributed by atoms with Crippen molar-refractivity contribution >= 4 is 8.25 Å². The molecule has 162 valence electrons. The standard InChI is InChI=1S/C22H40NO4P/c23-17-20-27-28(24)26-19-14-9-7-5-3-1-2-4-6-8-13-18-25-21-22-15-11-10-12-16-22/h10-12,15-16,28H,1-9,13-14,17-21,23H2. The van der Waals surface area contributed by atoms with Crippen molar-refractivity contribution in [3.8, 4) is 0 Å². The Balaban J connectivity index is 1.71. The number of unbranched alkanes of at least 4 members (excludes halogenated alkanes) is 10. The predicted octanol–water partition coefficient (Wildman–Crippen LogP) is 5.88. The molecular formula is C22H40NO4P. The van der Waals surface area contributed by atoms with Crippen molar-refractivity contribution in [1.82, 2.24) is 0 Å². The Morgan fingerprint density at radius 1 is 0.679 bits per heavy atom. The second kappa shape index (κ2) is 19.6. The predicted molar refractivity (Wildman–Crippen MR) is 117 cm³/mol. The Morgan fingerprint density at radius 3 is 1.75 bits per heavy atom. The summed E-state index contributed by atoms with van der Waals surface area (Å²) in [6, 6.07) is 10.4. The molecule has 0 aliphatic rings. The van der Waals surface area contributed by atoms with Gasteiger partial charge >= 0.3 is 8.25 Å². The molecule has 0 aliphatic heterocycles. The molecule has 0 radical (unpaired) electrons. The fourth-order valence-electron chi connectivity index (χ4n) is 3.00. The van der Waals surface area contributed by atoms with Gasteiger partial charge < -0.3 is 19.5 Å². The average molecular weight is 414 g/mol. The summed E-state index contributed by atoms with van der Waals surface area (Å²) >= 11 is 0. The van der Waals surface area contributed by atoms with Crippen molar-refractivity contribution < 1.29 is 18.3 Å². The molecule has 2 N–H and O–H groups in total. The number of hydrogen-bond acceptors (Lipinski definition) is 5. The summed E-state index contributed by atoms with van der Waals surface area (Å²) in [6.07, 6.45) is 13.7. The lowest BCUT2D eigenvalue weighted by Crippen LogP contribution is -2.05. The molecule has 0 fully saturated rings. The van der Waals surface area contributed by atoms with Crippen LogP contribution in [0.1, 0.15) is 76.2 Å². The van der Waals surface area contributed by atoms with Gasteiger partial charge in [0, 0.05) is 13.2 Å². The van der Waals surface area contributed by atoms with Crippen LogP contribution in [-0.4, -0.2) is 26.4 Å². The van der Waals surface area contributed by atoms with E-state index in [0.29, 0.717) is 19.8 Å². The van der Waals surface area contributed by atoms with Crippen LogP contribution in [-0.2, 0) is 25.0 Å². The van der Waals surface area contributed by atoms with Crippen LogP contribution < -0.4 is 5.73 Å². The zero-order valence-corrected chi connectivity index (χ0v) is 18.4. The van der Waals surface area contributed by atoms with E-state index in [2.05, 4.69) is 24.3 Å². The molecule has 0 aliphatic carbocycles. The molecule has 0 amide bonds. The Kier molecular flexibility index (Phi) is 17.7. The van der Waals surface area contributed by atoms with Gasteiger partial charge in [-0.1, -0.05) is 88.1 Å². The highest BCUT2D eigenvalue weighted by Crippen LogP contribution is 2.23. The van der Waals surface area contributed by atoms with Crippen molar-refractivity contribution in [3.63, 3.8) is 0 Å². The van der Waals surface area contributed by atoms with Crippen LogP contribution in [0.15, 0.2) is 30.3 Å². The Morgan fingerprint density at radius 2 is 1.18 bits per heavy atom. The first-order valence-corrected chi connectivity index (χ1v) is 12.2. The van der Waals surface area contributed by atoms with Crippen LogP contribution in [0.4, 0.5) is 0 Å². The minimum atomic E-state index is -2.32. The topological polar surface area (TPSA) is 70.8 Å². The molecule has 1 rings (SSSR count). The Labute approximate surface area is 172 Å². The number of nitrogens with two attached hydrogens (primary N) is 1. The van der Waals surface area contributed by atoms with Crippen molar-refractivity contribution in [3.05, 3.63) is 35.9 Å². The quantitative estimate of drug-likeness (QED) is 0.214. The molecule has 5 nitrogen and oxygen atoms in total. The molecule has 6 heteroatoms. The summed E-state index contributed by atoms with van der Waals surface area (Å²) in [5.74, 6) is 0. The Bertz CT molecular complexity index is 473. The van der Waals surface area contributed by atoms with Gasteiger partial charge in [0.2, 0.25) is 0 Å². The van der Waals surface area contributed by atoms with Gasteiger partial charge in [0.05, 0.1) is 19.8 Å². The highest BCUT2D eigenvalue weighted by molar-refractivity contribution is 7.33. The van der Waals surface area contributed by atoms with Crippen molar-refractivity contribution in [2.45, 2.75) is 77.2 Å². The second-order valence-corrected chi connectivity index (χ2v) is 8.24. The SMILES string of the molecule is NCCO[PH](=O)OCCCCCCCCCCCCCOCc1ccccc1. The van der Waals surface area contributed by atoms with E-state index in [-0.39, 0.29) is 0 Å². The molecule has 1 aromatic carbocycles. The van der Waals surface area contributed by atoms with Crippen LogP contribution in [0.2, 0.25) is 0 Å². The maximum atomic E-state index is 11.3. The lowest BCUT2D eigenvalue weighted by atomic mass is 10.1. The summed E-state index contributed by atoms with van der Waals surface area (Å²) < 4.78 is 27.0. The minimum Gasteiger partial charge on any atom is -0.377 e. The van der Waals surface area contributed by atoms with E-state index in [4.69, 9.17) is 19.5 Å². The van der Waals surface area contributed by atoms with Gasteiger partial charge in [-0.25, -0.2) is 0 Å². The summed E-state index contributed by atoms with van der Waals surface area (Å²) in [7, 11) is -2.32. The molecule has 28 heavy (non-hydrogen) atoms. The largest absolute Gasteiger partial charge is 0.377 e. The maximum Gasteiger partial charge on any atom is 0.319 e. The van der Waals surface area contributed by atoms with Crippen LogP contribution in [0.25, 0.3) is 0 Å². The number of benzene rings is 1. The average Bonchev–Trinajstić information content (AvgIpc) is 2.72. The smallest absolute Gasteiger partial charge is 0.319 e. The van der Waals surface area contributed by atoms with Crippen LogP contribution in [0.5, 0.6) is 0 Å². The zero-order valence-electron chi connectivity index (χ0n) is 17.4. The van der Waals surface area contributed by atoms with E-state index in [1.54, 1.807) is 0 Å². The summed E-state index contributed by atoms with van der Waals surface area (Å²) in [6.45, 7) is 2.81. The molecule has 0 heterocycles. The highest BCUT2D eigenvalue weighted by Gasteiger charge is 1.99. The maximum absolute atomic E-state index is 11.3. The van der Waals surface area contributed by atoms with E-state index >= 15 is 0 Å². The van der Waals surface area contributed by atoms with Gasteiger partial charge in [0.1, 0.15) is 0 Å². The van der Waals surface area contributed by atoms with E-state index in [1.807, 2.05) is 6.07 Å². The van der Waals surface area contributed by atoms with Gasteiger partial charge in [0.25, 0.3) is 0 Å². The molecule has 0 bridgehead atoms. The third kappa shape index (κ3) is 16.3. The van der Waals surface area contributed by atoms with Crippen LogP contribution in [0, 0.1) is 0 Å². The molecule has 1 atom stereocenters. The Hall–Kier alpha value is -0.710. The number of ether oxygens (including phenoxy) is 1. The summed E-state index contributed by atoms with van der Waals surface area (Å²) in [4.78, 5) is 0. The molecule has 1 unspecified atom stereocenters. The molecule has 1 aromatic rings. The van der Waals surface area contributed by atoms with Gasteiger partial charge in [-0.15, -0.1) is 0 Å². The third-order valence-electron chi connectivity index (χ3n) is 4.60. The summed E-state index contributed by atoms with van der Waals surface area (Å²) in [5, 5.41) is 0. The van der Waals surface area contributed by atoms with Crippen LogP contribution in [0.3, 0.4) is 0 Å². The molecule has 0 saturated heterocycles.